The largest absolute Gasteiger partial charge is 0.483 e. The second-order valence-corrected chi connectivity index (χ2v) is 9.55. The van der Waals surface area contributed by atoms with Crippen LogP contribution >= 0.6 is 0 Å². The molecule has 4 heterocycles. The Morgan fingerprint density at radius 2 is 1.94 bits per heavy atom. The number of aryl methyl sites for hydroxylation is 1. The van der Waals surface area contributed by atoms with Crippen molar-refractivity contribution in [2.75, 3.05) is 13.1 Å². The number of carbonyl (C=O) groups excluding carboxylic acids is 1. The molecule has 2 aliphatic rings. The second kappa shape index (κ2) is 9.76. The van der Waals surface area contributed by atoms with Gasteiger partial charge in [0.2, 0.25) is 0 Å². The standard InChI is InChI=1S/C24H33N3O2.CH2O2/c1-15(2)9-10-22-19-12-18(21-7-6-8-23(28)27(21)22)13-26(14-19)24(29)20-11-16(3)25(5)17(20)4;2-1-3/h6-8,11,15,18-19,22H,9-10,12-14H2,1-5H3;1H,(H,2,3)/t18-,19+,22+;/m1./s1. The lowest BCUT2D eigenvalue weighted by Crippen LogP contribution is -2.51. The molecule has 1 fully saturated rings. The molecule has 7 heteroatoms. The van der Waals surface area contributed by atoms with E-state index in [0.717, 1.165) is 48.5 Å². The van der Waals surface area contributed by atoms with E-state index in [-0.39, 0.29) is 29.9 Å². The number of carbonyl (C=O) groups is 2. The van der Waals surface area contributed by atoms with E-state index in [0.29, 0.717) is 18.4 Å². The summed E-state index contributed by atoms with van der Waals surface area (Å²) in [5.41, 5.74) is 4.17. The Morgan fingerprint density at radius 1 is 1.25 bits per heavy atom. The minimum atomic E-state index is -0.250. The third kappa shape index (κ3) is 4.52. The number of fused-ring (bicyclic) bond motifs is 4. The summed E-state index contributed by atoms with van der Waals surface area (Å²) in [6.45, 7) is 9.72. The van der Waals surface area contributed by atoms with Crippen molar-refractivity contribution in [3.05, 3.63) is 57.3 Å². The Bertz CT molecular complexity index is 1040. The summed E-state index contributed by atoms with van der Waals surface area (Å²) in [6, 6.07) is 7.85. The Kier molecular flexibility index (Phi) is 7.26. The van der Waals surface area contributed by atoms with Crippen LogP contribution in [0.2, 0.25) is 0 Å². The molecule has 0 aromatic carbocycles. The molecule has 4 rings (SSSR count). The molecule has 0 spiro atoms. The first-order valence-corrected chi connectivity index (χ1v) is 11.4. The number of nitrogens with zero attached hydrogens (tertiary/aromatic N) is 3. The van der Waals surface area contributed by atoms with Crippen LogP contribution in [-0.2, 0) is 11.8 Å². The molecule has 2 aromatic heterocycles. The van der Waals surface area contributed by atoms with Crippen LogP contribution in [0.25, 0.3) is 0 Å². The molecule has 0 unspecified atom stereocenters. The topological polar surface area (TPSA) is 84.5 Å². The molecule has 3 atom stereocenters. The van der Waals surface area contributed by atoms with Gasteiger partial charge in [0.25, 0.3) is 17.9 Å². The van der Waals surface area contributed by atoms with Gasteiger partial charge in [0, 0.05) is 55.2 Å². The van der Waals surface area contributed by atoms with E-state index >= 15 is 0 Å². The van der Waals surface area contributed by atoms with Crippen molar-refractivity contribution < 1.29 is 14.7 Å². The average molecular weight is 442 g/mol. The van der Waals surface area contributed by atoms with Crippen molar-refractivity contribution in [1.82, 2.24) is 14.0 Å². The van der Waals surface area contributed by atoms with Crippen LogP contribution in [-0.4, -0.2) is 44.6 Å². The number of hydrogen-bond donors (Lipinski definition) is 1. The van der Waals surface area contributed by atoms with Gasteiger partial charge in [-0.15, -0.1) is 0 Å². The highest BCUT2D eigenvalue weighted by Crippen LogP contribution is 2.43. The smallest absolute Gasteiger partial charge is 0.290 e. The predicted molar refractivity (Wildman–Crippen MR) is 124 cm³/mol. The maximum absolute atomic E-state index is 13.4. The molecule has 0 saturated carbocycles. The van der Waals surface area contributed by atoms with Gasteiger partial charge in [-0.3, -0.25) is 14.4 Å². The maximum Gasteiger partial charge on any atom is 0.290 e. The maximum atomic E-state index is 13.4. The van der Waals surface area contributed by atoms with Crippen molar-refractivity contribution in [2.24, 2.45) is 18.9 Å². The lowest BCUT2D eigenvalue weighted by Gasteiger charge is -2.47. The molecule has 0 radical (unpaired) electrons. The van der Waals surface area contributed by atoms with E-state index in [4.69, 9.17) is 9.90 Å². The minimum Gasteiger partial charge on any atom is -0.483 e. The molecule has 2 aromatic rings. The van der Waals surface area contributed by atoms with Crippen LogP contribution in [0, 0.1) is 25.7 Å². The zero-order valence-corrected chi connectivity index (χ0v) is 19.7. The summed E-state index contributed by atoms with van der Waals surface area (Å²) in [5.74, 6) is 1.32. The molecular formula is C25H35N3O4. The average Bonchev–Trinajstić information content (AvgIpc) is 3.01. The number of piperidine rings is 1. The Hall–Kier alpha value is -2.83. The zero-order valence-electron chi connectivity index (χ0n) is 19.7. The number of hydrogen-bond acceptors (Lipinski definition) is 3. The number of rotatable bonds is 4. The predicted octanol–water partition coefficient (Wildman–Crippen LogP) is 3.74. The van der Waals surface area contributed by atoms with Crippen LogP contribution < -0.4 is 5.56 Å². The van der Waals surface area contributed by atoms with Crippen LogP contribution in [0.4, 0.5) is 0 Å². The SMILES string of the molecule is Cc1cc(C(=O)N2C[C@H]3C[C@@H](C2)[C@H](CCC(C)C)n2c3cccc2=O)c(C)n1C.O=CO. The van der Waals surface area contributed by atoms with Crippen molar-refractivity contribution >= 4 is 12.4 Å². The number of pyridine rings is 1. The van der Waals surface area contributed by atoms with Crippen LogP contribution in [0.15, 0.2) is 29.1 Å². The summed E-state index contributed by atoms with van der Waals surface area (Å²) in [6.07, 6.45) is 3.16. The molecule has 1 saturated heterocycles. The minimum absolute atomic E-state index is 0.111. The summed E-state index contributed by atoms with van der Waals surface area (Å²) in [5, 5.41) is 6.89. The van der Waals surface area contributed by atoms with Gasteiger partial charge >= 0.3 is 0 Å². The first-order chi connectivity index (χ1) is 15.2. The van der Waals surface area contributed by atoms with Gasteiger partial charge < -0.3 is 19.1 Å². The van der Waals surface area contributed by atoms with Gasteiger partial charge in [-0.2, -0.15) is 0 Å². The lowest BCUT2D eigenvalue weighted by atomic mass is 9.76. The lowest BCUT2D eigenvalue weighted by molar-refractivity contribution is -0.122. The van der Waals surface area contributed by atoms with Crippen molar-refractivity contribution in [3.63, 3.8) is 0 Å². The fourth-order valence-electron chi connectivity index (χ4n) is 5.32. The summed E-state index contributed by atoms with van der Waals surface area (Å²) in [4.78, 5) is 36.6. The Balaban J connectivity index is 0.000000913. The highest BCUT2D eigenvalue weighted by atomic mass is 16.3. The Labute approximate surface area is 189 Å². The van der Waals surface area contributed by atoms with E-state index in [1.54, 1.807) is 6.07 Å². The zero-order chi connectivity index (χ0) is 23.6. The van der Waals surface area contributed by atoms with Crippen LogP contribution in [0.3, 0.4) is 0 Å². The molecule has 174 valence electrons. The molecule has 7 nitrogen and oxygen atoms in total. The summed E-state index contributed by atoms with van der Waals surface area (Å²) in [7, 11) is 2.01. The van der Waals surface area contributed by atoms with E-state index in [2.05, 4.69) is 29.0 Å². The highest BCUT2D eigenvalue weighted by Gasteiger charge is 2.42. The number of aromatic nitrogens is 2. The van der Waals surface area contributed by atoms with Crippen molar-refractivity contribution in [2.45, 2.75) is 58.9 Å². The van der Waals surface area contributed by atoms with Gasteiger partial charge in [-0.25, -0.2) is 0 Å². The van der Waals surface area contributed by atoms with Gasteiger partial charge in [0.15, 0.2) is 0 Å². The van der Waals surface area contributed by atoms with Gasteiger partial charge in [0.1, 0.15) is 0 Å². The monoisotopic (exact) mass is 441 g/mol. The van der Waals surface area contributed by atoms with E-state index in [1.807, 2.05) is 37.9 Å². The van der Waals surface area contributed by atoms with E-state index in [9.17, 15) is 9.59 Å². The molecule has 2 aliphatic heterocycles. The Morgan fingerprint density at radius 3 is 2.53 bits per heavy atom. The first-order valence-electron chi connectivity index (χ1n) is 11.4. The van der Waals surface area contributed by atoms with E-state index in [1.165, 1.54) is 0 Å². The summed E-state index contributed by atoms with van der Waals surface area (Å²) < 4.78 is 4.14. The quantitative estimate of drug-likeness (QED) is 0.733. The molecule has 32 heavy (non-hydrogen) atoms. The molecule has 1 N–H and O–H groups in total. The highest BCUT2D eigenvalue weighted by molar-refractivity contribution is 5.95. The molecule has 0 aliphatic carbocycles. The fourth-order valence-corrected chi connectivity index (χ4v) is 5.32. The number of amides is 1. The van der Waals surface area contributed by atoms with Gasteiger partial charge in [-0.05, 0) is 57.1 Å². The van der Waals surface area contributed by atoms with Gasteiger partial charge in [0.05, 0.1) is 5.56 Å². The molecule has 2 bridgehead atoms. The number of carboxylic acid groups (broad SMARTS) is 1. The normalized spacial score (nSPS) is 21.6. The molecule has 1 amide bonds. The first kappa shape index (κ1) is 23.8. The third-order valence-electron chi connectivity index (χ3n) is 7.13. The fraction of sp³-hybridized carbons (Fsp3) is 0.560. The van der Waals surface area contributed by atoms with Crippen LogP contribution in [0.5, 0.6) is 0 Å². The van der Waals surface area contributed by atoms with Crippen LogP contribution in [0.1, 0.15) is 72.5 Å². The van der Waals surface area contributed by atoms with Gasteiger partial charge in [-0.1, -0.05) is 19.9 Å². The molecular weight excluding hydrogens is 406 g/mol. The number of likely N-dealkylation sites (tertiary alicyclic amines) is 1. The second-order valence-electron chi connectivity index (χ2n) is 9.55. The van der Waals surface area contributed by atoms with Crippen molar-refractivity contribution in [3.8, 4) is 0 Å². The van der Waals surface area contributed by atoms with E-state index < -0.39 is 0 Å². The van der Waals surface area contributed by atoms with Crippen molar-refractivity contribution in [1.29, 1.82) is 0 Å². The summed E-state index contributed by atoms with van der Waals surface area (Å²) >= 11 is 0. The third-order valence-corrected chi connectivity index (χ3v) is 7.13.